The van der Waals surface area contributed by atoms with E-state index in [1.165, 1.54) is 0 Å². The third kappa shape index (κ3) is 4.79. The van der Waals surface area contributed by atoms with E-state index in [4.69, 9.17) is 4.52 Å². The van der Waals surface area contributed by atoms with Gasteiger partial charge >= 0.3 is 0 Å². The van der Waals surface area contributed by atoms with Crippen LogP contribution in [0.4, 0.5) is 0 Å². The molecule has 0 aliphatic heterocycles. The van der Waals surface area contributed by atoms with Gasteiger partial charge in [-0.25, -0.2) is 4.98 Å². The van der Waals surface area contributed by atoms with Gasteiger partial charge in [0.1, 0.15) is 5.01 Å². The fraction of sp³-hybridized carbons (Fsp3) is 0.350. The summed E-state index contributed by atoms with van der Waals surface area (Å²) >= 11 is 1.59. The van der Waals surface area contributed by atoms with Crippen LogP contribution in [0.1, 0.15) is 42.7 Å². The second-order valence-electron chi connectivity index (χ2n) is 6.80. The summed E-state index contributed by atoms with van der Waals surface area (Å²) in [6, 6.07) is 11.5. The van der Waals surface area contributed by atoms with Crippen LogP contribution in [0, 0.1) is 12.8 Å². The number of amides is 1. The SMILES string of the molecule is Cc1csc(C(CC(C)C)NC(=O)Cc2cc(-c3ccccc3)on2)n1. The number of aryl methyl sites for hydroxylation is 1. The van der Waals surface area contributed by atoms with Gasteiger partial charge in [-0.05, 0) is 19.3 Å². The van der Waals surface area contributed by atoms with E-state index in [-0.39, 0.29) is 18.4 Å². The maximum Gasteiger partial charge on any atom is 0.226 e. The monoisotopic (exact) mass is 369 g/mol. The largest absolute Gasteiger partial charge is 0.356 e. The maximum absolute atomic E-state index is 12.5. The Balaban J connectivity index is 1.66. The summed E-state index contributed by atoms with van der Waals surface area (Å²) in [5, 5.41) is 10.1. The van der Waals surface area contributed by atoms with Crippen LogP contribution in [0.2, 0.25) is 0 Å². The summed E-state index contributed by atoms with van der Waals surface area (Å²) in [5.74, 6) is 1.06. The topological polar surface area (TPSA) is 68.0 Å². The minimum Gasteiger partial charge on any atom is -0.356 e. The Labute approximate surface area is 157 Å². The molecule has 2 heterocycles. The molecular weight excluding hydrogens is 346 g/mol. The summed E-state index contributed by atoms with van der Waals surface area (Å²) < 4.78 is 5.37. The molecule has 136 valence electrons. The van der Waals surface area contributed by atoms with Crippen molar-refractivity contribution < 1.29 is 9.32 Å². The minimum atomic E-state index is -0.0728. The molecule has 3 aromatic rings. The van der Waals surface area contributed by atoms with E-state index in [0.29, 0.717) is 17.4 Å². The molecule has 5 nitrogen and oxygen atoms in total. The van der Waals surface area contributed by atoms with E-state index in [0.717, 1.165) is 22.7 Å². The van der Waals surface area contributed by atoms with E-state index < -0.39 is 0 Å². The van der Waals surface area contributed by atoms with Gasteiger partial charge in [-0.15, -0.1) is 11.3 Å². The van der Waals surface area contributed by atoms with Crippen LogP contribution in [-0.4, -0.2) is 16.0 Å². The quantitative estimate of drug-likeness (QED) is 0.663. The van der Waals surface area contributed by atoms with Crippen LogP contribution >= 0.6 is 11.3 Å². The Bertz CT molecular complexity index is 855. The first-order valence-electron chi connectivity index (χ1n) is 8.73. The van der Waals surface area contributed by atoms with Crippen LogP contribution in [-0.2, 0) is 11.2 Å². The molecule has 1 unspecified atom stereocenters. The molecule has 1 atom stereocenters. The molecule has 0 saturated carbocycles. The fourth-order valence-electron chi connectivity index (χ4n) is 2.77. The summed E-state index contributed by atoms with van der Waals surface area (Å²) in [5.41, 5.74) is 2.56. The van der Waals surface area contributed by atoms with Gasteiger partial charge in [0.05, 0.1) is 18.2 Å². The lowest BCUT2D eigenvalue weighted by atomic mass is 10.0. The highest BCUT2D eigenvalue weighted by molar-refractivity contribution is 7.09. The number of thiazole rings is 1. The molecule has 26 heavy (non-hydrogen) atoms. The van der Waals surface area contributed by atoms with Crippen molar-refractivity contribution in [2.24, 2.45) is 5.92 Å². The molecule has 1 N–H and O–H groups in total. The van der Waals surface area contributed by atoms with Crippen molar-refractivity contribution in [2.45, 2.75) is 39.7 Å². The Morgan fingerprint density at radius 3 is 2.69 bits per heavy atom. The summed E-state index contributed by atoms with van der Waals surface area (Å²) in [6.45, 7) is 6.25. The Morgan fingerprint density at radius 1 is 1.27 bits per heavy atom. The molecule has 2 aromatic heterocycles. The smallest absolute Gasteiger partial charge is 0.226 e. The van der Waals surface area contributed by atoms with Crippen molar-refractivity contribution >= 4 is 17.2 Å². The lowest BCUT2D eigenvalue weighted by molar-refractivity contribution is -0.121. The second kappa shape index (κ2) is 8.27. The highest BCUT2D eigenvalue weighted by atomic mass is 32.1. The van der Waals surface area contributed by atoms with Crippen molar-refractivity contribution in [1.29, 1.82) is 0 Å². The first-order chi connectivity index (χ1) is 12.5. The number of hydrogen-bond acceptors (Lipinski definition) is 5. The Morgan fingerprint density at radius 2 is 2.04 bits per heavy atom. The van der Waals surface area contributed by atoms with E-state index in [1.54, 1.807) is 11.3 Å². The molecule has 3 rings (SSSR count). The van der Waals surface area contributed by atoms with Crippen LogP contribution in [0.3, 0.4) is 0 Å². The number of carbonyl (C=O) groups is 1. The maximum atomic E-state index is 12.5. The minimum absolute atomic E-state index is 0.0679. The van der Waals surface area contributed by atoms with Gasteiger partial charge in [0, 0.05) is 22.7 Å². The van der Waals surface area contributed by atoms with Gasteiger partial charge in [0.25, 0.3) is 0 Å². The first-order valence-corrected chi connectivity index (χ1v) is 9.61. The average Bonchev–Trinajstić information content (AvgIpc) is 3.24. The van der Waals surface area contributed by atoms with Gasteiger partial charge in [0.15, 0.2) is 5.76 Å². The van der Waals surface area contributed by atoms with Crippen LogP contribution < -0.4 is 5.32 Å². The molecule has 0 fully saturated rings. The van der Waals surface area contributed by atoms with Crippen molar-refractivity contribution in [1.82, 2.24) is 15.5 Å². The molecule has 6 heteroatoms. The molecule has 0 radical (unpaired) electrons. The number of hydrogen-bond donors (Lipinski definition) is 1. The molecule has 0 aliphatic rings. The lowest BCUT2D eigenvalue weighted by Gasteiger charge is -2.18. The highest BCUT2D eigenvalue weighted by Crippen LogP contribution is 2.25. The zero-order valence-corrected chi connectivity index (χ0v) is 16.0. The summed E-state index contributed by atoms with van der Waals surface area (Å²) in [6.07, 6.45) is 1.04. The van der Waals surface area contributed by atoms with E-state index in [2.05, 4.69) is 29.3 Å². The Kier molecular flexibility index (Phi) is 5.83. The summed E-state index contributed by atoms with van der Waals surface area (Å²) in [4.78, 5) is 17.1. The molecule has 1 amide bonds. The predicted octanol–water partition coefficient (Wildman–Crippen LogP) is 4.55. The van der Waals surface area contributed by atoms with Gasteiger partial charge in [-0.3, -0.25) is 4.79 Å². The molecular formula is C20H23N3O2S. The van der Waals surface area contributed by atoms with Crippen LogP contribution in [0.25, 0.3) is 11.3 Å². The van der Waals surface area contributed by atoms with Gasteiger partial charge in [-0.1, -0.05) is 49.3 Å². The van der Waals surface area contributed by atoms with Crippen LogP contribution in [0.5, 0.6) is 0 Å². The zero-order valence-electron chi connectivity index (χ0n) is 15.2. The molecule has 0 spiro atoms. The van der Waals surface area contributed by atoms with E-state index >= 15 is 0 Å². The molecule has 0 bridgehead atoms. The Hall–Kier alpha value is -2.47. The van der Waals surface area contributed by atoms with Crippen molar-refractivity contribution in [3.8, 4) is 11.3 Å². The average molecular weight is 369 g/mol. The normalized spacial score (nSPS) is 12.3. The van der Waals surface area contributed by atoms with Gasteiger partial charge in [-0.2, -0.15) is 0 Å². The number of rotatable bonds is 7. The number of aromatic nitrogens is 2. The lowest BCUT2D eigenvalue weighted by Crippen LogP contribution is -2.30. The fourth-order valence-corrected chi connectivity index (χ4v) is 3.63. The third-order valence-corrected chi connectivity index (χ3v) is 5.01. The molecule has 0 aliphatic carbocycles. The van der Waals surface area contributed by atoms with Crippen LogP contribution in [0.15, 0.2) is 46.3 Å². The molecule has 0 saturated heterocycles. The first kappa shape index (κ1) is 18.3. The third-order valence-electron chi connectivity index (χ3n) is 3.94. The molecule has 1 aromatic carbocycles. The summed E-state index contributed by atoms with van der Waals surface area (Å²) in [7, 11) is 0. The second-order valence-corrected chi connectivity index (χ2v) is 7.69. The number of carbonyl (C=O) groups excluding carboxylic acids is 1. The highest BCUT2D eigenvalue weighted by Gasteiger charge is 2.20. The predicted molar refractivity (Wildman–Crippen MR) is 103 cm³/mol. The van der Waals surface area contributed by atoms with Crippen molar-refractivity contribution in [3.63, 3.8) is 0 Å². The van der Waals surface area contributed by atoms with Crippen molar-refractivity contribution in [3.05, 3.63) is 58.2 Å². The number of nitrogens with one attached hydrogen (secondary N) is 1. The number of benzene rings is 1. The zero-order chi connectivity index (χ0) is 18.5. The standard InChI is InChI=1S/C20H23N3O2S/c1-13(2)9-17(20-21-14(3)12-26-20)22-19(24)11-16-10-18(25-23-16)15-7-5-4-6-8-15/h4-8,10,12-13,17H,9,11H2,1-3H3,(H,22,24). The van der Waals surface area contributed by atoms with E-state index in [9.17, 15) is 4.79 Å². The van der Waals surface area contributed by atoms with Gasteiger partial charge in [0.2, 0.25) is 5.91 Å². The van der Waals surface area contributed by atoms with Gasteiger partial charge < -0.3 is 9.84 Å². The van der Waals surface area contributed by atoms with E-state index in [1.807, 2.05) is 48.7 Å². The number of nitrogens with zero attached hydrogens (tertiary/aromatic N) is 2. The van der Waals surface area contributed by atoms with Crippen molar-refractivity contribution in [2.75, 3.05) is 0 Å².